The molecule has 0 saturated heterocycles. The number of nitrogens with one attached hydrogen (secondary N) is 2. The molecule has 0 aliphatic carbocycles. The minimum Gasteiger partial charge on any atom is -0.480 e. The number of carboxylic acids is 1. The number of carbonyl (C=O) groups is 2. The monoisotopic (exact) mass is 331 g/mol. The van der Waals surface area contributed by atoms with Crippen molar-refractivity contribution < 1.29 is 14.7 Å². The summed E-state index contributed by atoms with van der Waals surface area (Å²) in [6.45, 7) is 6.26. The number of carbonyl (C=O) groups excluding carboxylic acids is 1. The number of para-hydroxylation sites is 1. The van der Waals surface area contributed by atoms with E-state index in [2.05, 4.69) is 10.3 Å². The van der Waals surface area contributed by atoms with Crippen LogP contribution in [0.1, 0.15) is 31.5 Å². The molecule has 3 N–H and O–H groups in total. The van der Waals surface area contributed by atoms with Gasteiger partial charge in [-0.3, -0.25) is 0 Å². The van der Waals surface area contributed by atoms with Gasteiger partial charge in [0.05, 0.1) is 6.54 Å². The fourth-order valence-electron chi connectivity index (χ4n) is 2.76. The van der Waals surface area contributed by atoms with Crippen molar-refractivity contribution in [2.75, 3.05) is 7.05 Å². The number of amides is 2. The molecule has 130 valence electrons. The average molecular weight is 331 g/mol. The van der Waals surface area contributed by atoms with Crippen LogP contribution >= 0.6 is 0 Å². The first-order valence-electron chi connectivity index (χ1n) is 8.10. The van der Waals surface area contributed by atoms with Gasteiger partial charge < -0.3 is 20.3 Å². The summed E-state index contributed by atoms with van der Waals surface area (Å²) >= 11 is 0. The number of carboxylic acid groups (broad SMARTS) is 1. The molecule has 0 unspecified atom stereocenters. The normalized spacial score (nSPS) is 12.4. The number of aromatic amines is 1. The van der Waals surface area contributed by atoms with E-state index in [4.69, 9.17) is 0 Å². The fraction of sp³-hybridized carbons (Fsp3) is 0.444. The number of rotatable bonds is 6. The van der Waals surface area contributed by atoms with E-state index in [1.807, 2.05) is 45.0 Å². The van der Waals surface area contributed by atoms with Gasteiger partial charge in [-0.05, 0) is 30.9 Å². The summed E-state index contributed by atoms with van der Waals surface area (Å²) in [6, 6.07) is 6.71. The number of nitrogens with zero attached hydrogens (tertiary/aromatic N) is 1. The van der Waals surface area contributed by atoms with Gasteiger partial charge in [0, 0.05) is 23.6 Å². The van der Waals surface area contributed by atoms with Gasteiger partial charge in [-0.2, -0.15) is 0 Å². The second-order valence-electron chi connectivity index (χ2n) is 6.60. The van der Waals surface area contributed by atoms with Gasteiger partial charge in [0.1, 0.15) is 6.04 Å². The van der Waals surface area contributed by atoms with Crippen LogP contribution in [0.3, 0.4) is 0 Å². The molecule has 2 amide bonds. The van der Waals surface area contributed by atoms with Crippen LogP contribution in [-0.4, -0.2) is 40.1 Å². The molecule has 0 radical (unpaired) electrons. The van der Waals surface area contributed by atoms with Crippen LogP contribution in [0.4, 0.5) is 4.79 Å². The van der Waals surface area contributed by atoms with Crippen LogP contribution in [-0.2, 0) is 11.3 Å². The van der Waals surface area contributed by atoms with Crippen LogP contribution in [0.2, 0.25) is 0 Å². The van der Waals surface area contributed by atoms with Crippen molar-refractivity contribution in [3.8, 4) is 0 Å². The van der Waals surface area contributed by atoms with Gasteiger partial charge >= 0.3 is 12.0 Å². The Morgan fingerprint density at radius 2 is 1.96 bits per heavy atom. The third kappa shape index (κ3) is 4.07. The van der Waals surface area contributed by atoms with Crippen LogP contribution in [0.5, 0.6) is 0 Å². The first-order chi connectivity index (χ1) is 11.3. The Labute approximate surface area is 141 Å². The first kappa shape index (κ1) is 17.8. The van der Waals surface area contributed by atoms with Crippen molar-refractivity contribution in [1.82, 2.24) is 15.2 Å². The average Bonchev–Trinajstić information content (AvgIpc) is 2.82. The zero-order valence-electron chi connectivity index (χ0n) is 14.6. The van der Waals surface area contributed by atoms with Crippen molar-refractivity contribution >= 4 is 22.9 Å². The van der Waals surface area contributed by atoms with Gasteiger partial charge in [0.25, 0.3) is 0 Å². The van der Waals surface area contributed by atoms with Crippen molar-refractivity contribution in [3.63, 3.8) is 0 Å². The van der Waals surface area contributed by atoms with Crippen LogP contribution in [0.15, 0.2) is 24.3 Å². The lowest BCUT2D eigenvalue weighted by atomic mass is 10.0. The van der Waals surface area contributed by atoms with Crippen molar-refractivity contribution in [2.24, 2.45) is 5.92 Å². The summed E-state index contributed by atoms with van der Waals surface area (Å²) in [5.74, 6) is -0.820. The van der Waals surface area contributed by atoms with Gasteiger partial charge in [-0.25, -0.2) is 9.59 Å². The summed E-state index contributed by atoms with van der Waals surface area (Å²) < 4.78 is 0. The van der Waals surface area contributed by atoms with E-state index in [1.54, 1.807) is 7.05 Å². The Hall–Kier alpha value is -2.50. The highest BCUT2D eigenvalue weighted by atomic mass is 16.4. The zero-order chi connectivity index (χ0) is 17.9. The molecule has 0 saturated carbocycles. The lowest BCUT2D eigenvalue weighted by Gasteiger charge is -2.22. The SMILES string of the molecule is Cc1c(CN(C)C(=O)N[C@@H](CC(C)C)C(=O)O)[nH]c2ccccc12. The molecule has 6 heteroatoms. The maximum atomic E-state index is 12.3. The number of urea groups is 1. The van der Waals surface area contributed by atoms with Gasteiger partial charge in [-0.15, -0.1) is 0 Å². The number of H-pyrrole nitrogens is 1. The molecule has 0 fully saturated rings. The van der Waals surface area contributed by atoms with E-state index in [0.29, 0.717) is 13.0 Å². The van der Waals surface area contributed by atoms with E-state index < -0.39 is 12.0 Å². The maximum absolute atomic E-state index is 12.3. The van der Waals surface area contributed by atoms with E-state index in [1.165, 1.54) is 4.90 Å². The molecule has 2 aromatic rings. The second-order valence-corrected chi connectivity index (χ2v) is 6.60. The summed E-state index contributed by atoms with van der Waals surface area (Å²) in [7, 11) is 1.66. The highest BCUT2D eigenvalue weighted by Gasteiger charge is 2.23. The summed E-state index contributed by atoms with van der Waals surface area (Å²) in [5.41, 5.74) is 3.08. The lowest BCUT2D eigenvalue weighted by molar-refractivity contribution is -0.139. The van der Waals surface area contributed by atoms with Crippen LogP contribution < -0.4 is 5.32 Å². The largest absolute Gasteiger partial charge is 0.480 e. The molecule has 0 aliphatic heterocycles. The number of hydrogen-bond acceptors (Lipinski definition) is 2. The molecular weight excluding hydrogens is 306 g/mol. The molecule has 0 aliphatic rings. The predicted octanol–water partition coefficient (Wildman–Crippen LogP) is 3.12. The van der Waals surface area contributed by atoms with Gasteiger partial charge in [0.15, 0.2) is 0 Å². The number of hydrogen-bond donors (Lipinski definition) is 3. The van der Waals surface area contributed by atoms with Gasteiger partial charge in [-0.1, -0.05) is 32.0 Å². The highest BCUT2D eigenvalue weighted by Crippen LogP contribution is 2.22. The molecule has 1 atom stereocenters. The summed E-state index contributed by atoms with van der Waals surface area (Å²) in [6.07, 6.45) is 0.403. The van der Waals surface area contributed by atoms with Crippen LogP contribution in [0.25, 0.3) is 10.9 Å². The Kier molecular flexibility index (Phi) is 5.49. The summed E-state index contributed by atoms with van der Waals surface area (Å²) in [4.78, 5) is 28.4. The topological polar surface area (TPSA) is 85.4 Å². The molecule has 1 aromatic heterocycles. The number of aromatic nitrogens is 1. The Morgan fingerprint density at radius 3 is 2.54 bits per heavy atom. The second kappa shape index (κ2) is 7.38. The standard InChI is InChI=1S/C18H25N3O3/c1-11(2)9-15(17(22)23)20-18(24)21(4)10-16-12(3)13-7-5-6-8-14(13)19-16/h5-8,11,15,19H,9-10H2,1-4H3,(H,20,24)(H,22,23)/t15-/m0/s1. The molecule has 1 heterocycles. The number of fused-ring (bicyclic) bond motifs is 1. The zero-order valence-corrected chi connectivity index (χ0v) is 14.6. The number of aryl methyl sites for hydroxylation is 1. The quantitative estimate of drug-likeness (QED) is 0.760. The molecule has 24 heavy (non-hydrogen) atoms. The van der Waals surface area contributed by atoms with E-state index in [9.17, 15) is 14.7 Å². The first-order valence-corrected chi connectivity index (χ1v) is 8.10. The lowest BCUT2D eigenvalue weighted by Crippen LogP contribution is -2.47. The minimum absolute atomic E-state index is 0.188. The van der Waals surface area contributed by atoms with E-state index >= 15 is 0 Å². The number of aliphatic carboxylic acids is 1. The third-order valence-corrected chi connectivity index (χ3v) is 4.11. The molecule has 0 bridgehead atoms. The maximum Gasteiger partial charge on any atom is 0.326 e. The molecule has 6 nitrogen and oxygen atoms in total. The Morgan fingerprint density at radius 1 is 1.29 bits per heavy atom. The molecule has 2 rings (SSSR count). The Bertz CT molecular complexity index is 736. The highest BCUT2D eigenvalue weighted by molar-refractivity contribution is 5.85. The third-order valence-electron chi connectivity index (χ3n) is 4.11. The molecular formula is C18H25N3O3. The van der Waals surface area contributed by atoms with E-state index in [0.717, 1.165) is 22.2 Å². The smallest absolute Gasteiger partial charge is 0.326 e. The van der Waals surface area contributed by atoms with Gasteiger partial charge in [0.2, 0.25) is 0 Å². The van der Waals surface area contributed by atoms with Crippen LogP contribution in [0, 0.1) is 12.8 Å². The van der Waals surface area contributed by atoms with Crippen molar-refractivity contribution in [2.45, 2.75) is 39.8 Å². The minimum atomic E-state index is -1.01. The molecule has 0 spiro atoms. The molecule has 1 aromatic carbocycles. The number of benzene rings is 1. The van der Waals surface area contributed by atoms with E-state index in [-0.39, 0.29) is 11.9 Å². The predicted molar refractivity (Wildman–Crippen MR) is 93.9 cm³/mol. The Balaban J connectivity index is 2.07. The van der Waals surface area contributed by atoms with Crippen molar-refractivity contribution in [1.29, 1.82) is 0 Å². The summed E-state index contributed by atoms with van der Waals surface area (Å²) in [5, 5.41) is 13.0. The van der Waals surface area contributed by atoms with Crippen molar-refractivity contribution in [3.05, 3.63) is 35.5 Å². The fourth-order valence-corrected chi connectivity index (χ4v) is 2.76.